The van der Waals surface area contributed by atoms with Crippen molar-refractivity contribution in [3.8, 4) is 0 Å². The van der Waals surface area contributed by atoms with Gasteiger partial charge in [-0.05, 0) is 23.3 Å². The molecule has 2 heterocycles. The van der Waals surface area contributed by atoms with Crippen molar-refractivity contribution in [2.24, 2.45) is 7.05 Å². The summed E-state index contributed by atoms with van der Waals surface area (Å²) in [5.41, 5.74) is 4.77. The van der Waals surface area contributed by atoms with Crippen LogP contribution in [0.1, 0.15) is 33.1 Å². The van der Waals surface area contributed by atoms with E-state index in [0.29, 0.717) is 12.1 Å². The number of rotatable bonds is 5. The summed E-state index contributed by atoms with van der Waals surface area (Å²) in [5, 5.41) is 4.04. The fourth-order valence-electron chi connectivity index (χ4n) is 4.47. The third-order valence-corrected chi connectivity index (χ3v) is 5.93. The van der Waals surface area contributed by atoms with Gasteiger partial charge >= 0.3 is 0 Å². The highest BCUT2D eigenvalue weighted by molar-refractivity contribution is 6.02. The largest absolute Gasteiger partial charge is 0.350 e. The zero-order valence-electron chi connectivity index (χ0n) is 17.3. The maximum absolute atomic E-state index is 13.3. The van der Waals surface area contributed by atoms with Gasteiger partial charge in [0.15, 0.2) is 0 Å². The molecular formula is C26H23N3O2. The fourth-order valence-corrected chi connectivity index (χ4v) is 4.47. The zero-order chi connectivity index (χ0) is 21.4. The summed E-state index contributed by atoms with van der Waals surface area (Å²) in [4.78, 5) is 27.8. The molecule has 0 fully saturated rings. The number of fused-ring (bicyclic) bond motifs is 2. The number of para-hydroxylation sites is 1. The summed E-state index contributed by atoms with van der Waals surface area (Å²) in [6.45, 7) is 0.446. The van der Waals surface area contributed by atoms with Crippen LogP contribution in [0, 0.1) is 0 Å². The Bertz CT molecular complexity index is 1280. The SMILES string of the molecule is Cn1cc([C@H]2c3ccccc3C(=O)N2CC(=O)NCc2ccccc2)c2ccccc21. The molecule has 31 heavy (non-hydrogen) atoms. The maximum Gasteiger partial charge on any atom is 0.255 e. The Morgan fingerprint density at radius 2 is 1.61 bits per heavy atom. The predicted octanol–water partition coefficient (Wildman–Crippen LogP) is 4.04. The maximum atomic E-state index is 13.3. The van der Waals surface area contributed by atoms with E-state index in [2.05, 4.69) is 28.2 Å². The second kappa shape index (κ2) is 7.76. The van der Waals surface area contributed by atoms with Crippen LogP contribution in [0.2, 0.25) is 0 Å². The Morgan fingerprint density at radius 3 is 2.45 bits per heavy atom. The summed E-state index contributed by atoms with van der Waals surface area (Å²) in [6.07, 6.45) is 2.07. The van der Waals surface area contributed by atoms with Crippen LogP contribution in [0.15, 0.2) is 85.1 Å². The van der Waals surface area contributed by atoms with Crippen molar-refractivity contribution in [3.05, 3.63) is 107 Å². The lowest BCUT2D eigenvalue weighted by Gasteiger charge is -2.25. The van der Waals surface area contributed by atoms with Gasteiger partial charge in [0, 0.05) is 41.8 Å². The average Bonchev–Trinajstić information content (AvgIpc) is 3.27. The second-order valence-electron chi connectivity index (χ2n) is 7.90. The highest BCUT2D eigenvalue weighted by Gasteiger charge is 2.39. The van der Waals surface area contributed by atoms with Crippen molar-refractivity contribution in [2.75, 3.05) is 6.54 Å². The molecule has 5 nitrogen and oxygen atoms in total. The average molecular weight is 409 g/mol. The smallest absolute Gasteiger partial charge is 0.255 e. The molecule has 154 valence electrons. The van der Waals surface area contributed by atoms with Crippen molar-refractivity contribution in [3.63, 3.8) is 0 Å². The van der Waals surface area contributed by atoms with Gasteiger partial charge in [-0.25, -0.2) is 0 Å². The van der Waals surface area contributed by atoms with E-state index in [1.165, 1.54) is 0 Å². The molecule has 0 radical (unpaired) electrons. The molecule has 3 aromatic carbocycles. The first-order valence-corrected chi connectivity index (χ1v) is 10.4. The van der Waals surface area contributed by atoms with E-state index < -0.39 is 0 Å². The summed E-state index contributed by atoms with van der Waals surface area (Å²) >= 11 is 0. The molecule has 0 unspecified atom stereocenters. The van der Waals surface area contributed by atoms with Gasteiger partial charge in [-0.1, -0.05) is 66.7 Å². The first-order valence-electron chi connectivity index (χ1n) is 10.4. The molecule has 0 bridgehead atoms. The van der Waals surface area contributed by atoms with E-state index in [1.54, 1.807) is 4.90 Å². The van der Waals surface area contributed by atoms with Crippen molar-refractivity contribution in [1.29, 1.82) is 0 Å². The lowest BCUT2D eigenvalue weighted by Crippen LogP contribution is -2.39. The third-order valence-electron chi connectivity index (χ3n) is 5.93. The van der Waals surface area contributed by atoms with Gasteiger partial charge < -0.3 is 14.8 Å². The van der Waals surface area contributed by atoms with Crippen LogP contribution in [0.4, 0.5) is 0 Å². The van der Waals surface area contributed by atoms with Gasteiger partial charge in [-0.3, -0.25) is 9.59 Å². The van der Waals surface area contributed by atoms with Crippen LogP contribution in [-0.4, -0.2) is 27.8 Å². The number of aromatic nitrogens is 1. The van der Waals surface area contributed by atoms with Gasteiger partial charge in [0.1, 0.15) is 6.54 Å². The molecule has 4 aromatic rings. The van der Waals surface area contributed by atoms with Crippen LogP contribution < -0.4 is 5.32 Å². The number of nitrogens with zero attached hydrogens (tertiary/aromatic N) is 2. The molecule has 0 aliphatic carbocycles. The Morgan fingerprint density at radius 1 is 0.903 bits per heavy atom. The van der Waals surface area contributed by atoms with Gasteiger partial charge in [0.2, 0.25) is 5.91 Å². The monoisotopic (exact) mass is 409 g/mol. The van der Waals surface area contributed by atoms with Crippen LogP contribution in [-0.2, 0) is 18.4 Å². The van der Waals surface area contributed by atoms with E-state index in [0.717, 1.165) is 27.6 Å². The molecule has 1 N–H and O–H groups in total. The van der Waals surface area contributed by atoms with E-state index in [1.807, 2.05) is 73.8 Å². The summed E-state index contributed by atoms with van der Waals surface area (Å²) in [7, 11) is 2.01. The normalized spacial score (nSPS) is 15.3. The highest BCUT2D eigenvalue weighted by atomic mass is 16.2. The number of hydrogen-bond acceptors (Lipinski definition) is 2. The van der Waals surface area contributed by atoms with Crippen molar-refractivity contribution in [2.45, 2.75) is 12.6 Å². The van der Waals surface area contributed by atoms with Gasteiger partial charge in [0.05, 0.1) is 6.04 Å². The molecule has 1 aliphatic rings. The molecule has 0 saturated carbocycles. The Balaban J connectivity index is 1.48. The van der Waals surface area contributed by atoms with Gasteiger partial charge in [0.25, 0.3) is 5.91 Å². The predicted molar refractivity (Wildman–Crippen MR) is 121 cm³/mol. The number of carbonyl (C=O) groups excluding carboxylic acids is 2. The van der Waals surface area contributed by atoms with Crippen LogP contribution in [0.3, 0.4) is 0 Å². The van der Waals surface area contributed by atoms with Gasteiger partial charge in [-0.2, -0.15) is 0 Å². The van der Waals surface area contributed by atoms with Crippen LogP contribution in [0.25, 0.3) is 10.9 Å². The topological polar surface area (TPSA) is 54.3 Å². The highest BCUT2D eigenvalue weighted by Crippen LogP contribution is 2.41. The number of amides is 2. The van der Waals surface area contributed by atoms with E-state index in [9.17, 15) is 9.59 Å². The van der Waals surface area contributed by atoms with Crippen LogP contribution >= 0.6 is 0 Å². The Labute approximate surface area is 180 Å². The summed E-state index contributed by atoms with van der Waals surface area (Å²) in [5.74, 6) is -0.279. The molecule has 5 rings (SSSR count). The standard InChI is InChI=1S/C26H23N3O2/c1-28-16-22(19-11-7-8-14-23(19)28)25-20-12-5-6-13-21(20)26(31)29(25)17-24(30)27-15-18-9-3-2-4-10-18/h2-14,16,25H,15,17H2,1H3,(H,27,30)/t25-/m1/s1. The lowest BCUT2D eigenvalue weighted by atomic mass is 9.97. The molecule has 0 spiro atoms. The Hall–Kier alpha value is -3.86. The van der Waals surface area contributed by atoms with Crippen molar-refractivity contribution < 1.29 is 9.59 Å². The number of carbonyl (C=O) groups is 2. The molecule has 0 saturated heterocycles. The quantitative estimate of drug-likeness (QED) is 0.541. The first-order chi connectivity index (χ1) is 15.1. The molecule has 1 aliphatic heterocycles. The first kappa shape index (κ1) is 19.1. The summed E-state index contributed by atoms with van der Waals surface area (Å²) in [6, 6.07) is 25.3. The number of benzene rings is 3. The molecule has 1 atom stereocenters. The van der Waals surface area contributed by atoms with E-state index in [-0.39, 0.29) is 24.4 Å². The van der Waals surface area contributed by atoms with Crippen LogP contribution in [0.5, 0.6) is 0 Å². The van der Waals surface area contributed by atoms with E-state index in [4.69, 9.17) is 0 Å². The van der Waals surface area contributed by atoms with Gasteiger partial charge in [-0.15, -0.1) is 0 Å². The number of hydrogen-bond donors (Lipinski definition) is 1. The molecule has 1 aromatic heterocycles. The molecule has 5 heteroatoms. The minimum atomic E-state index is -0.294. The number of aryl methyl sites for hydroxylation is 1. The number of nitrogens with one attached hydrogen (secondary N) is 1. The zero-order valence-corrected chi connectivity index (χ0v) is 17.3. The third kappa shape index (κ3) is 3.38. The van der Waals surface area contributed by atoms with Crippen molar-refractivity contribution >= 4 is 22.7 Å². The van der Waals surface area contributed by atoms with Crippen molar-refractivity contribution in [1.82, 2.24) is 14.8 Å². The fraction of sp³-hybridized carbons (Fsp3) is 0.154. The minimum absolute atomic E-state index is 0.00817. The molecule has 2 amide bonds. The van der Waals surface area contributed by atoms with E-state index >= 15 is 0 Å². The summed E-state index contributed by atoms with van der Waals surface area (Å²) < 4.78 is 2.07. The second-order valence-corrected chi connectivity index (χ2v) is 7.90. The lowest BCUT2D eigenvalue weighted by molar-refractivity contribution is -0.122. The Kier molecular flexibility index (Phi) is 4.79. The minimum Gasteiger partial charge on any atom is -0.350 e. The molecular weight excluding hydrogens is 386 g/mol.